The third-order valence-electron chi connectivity index (χ3n) is 12.7. The number of epoxide rings is 1. The second-order valence-electron chi connectivity index (χ2n) is 16.6. The number of quaternary nitrogens is 1. The van der Waals surface area contributed by atoms with Crippen LogP contribution in [0.2, 0.25) is 0 Å². The molecule has 1 aliphatic carbocycles. The van der Waals surface area contributed by atoms with Crippen LogP contribution in [-0.2, 0) is 27.2 Å². The number of aliphatic imine (C=N–C) groups is 1. The number of benzene rings is 1. The summed E-state index contributed by atoms with van der Waals surface area (Å²) in [7, 11) is 0. The summed E-state index contributed by atoms with van der Waals surface area (Å²) in [5.41, 5.74) is 15.6. The maximum Gasteiger partial charge on any atom is 0.341 e. The Morgan fingerprint density at radius 3 is 2.71 bits per heavy atom. The number of phenols is 1. The number of aromatic hydroxyl groups is 1. The lowest BCUT2D eigenvalue weighted by Gasteiger charge is -2.58. The van der Waals surface area contributed by atoms with Crippen molar-refractivity contribution in [1.29, 1.82) is 0 Å². The summed E-state index contributed by atoms with van der Waals surface area (Å²) in [4.78, 5) is 42.3. The number of ether oxygens (including phenoxy) is 3. The lowest BCUT2D eigenvalue weighted by molar-refractivity contribution is -0.852. The molecular formula is C42H43N6O7+. The van der Waals surface area contributed by atoms with E-state index < -0.39 is 22.8 Å². The Hall–Kier alpha value is -5.53. The Labute approximate surface area is 316 Å². The first-order valence-electron chi connectivity index (χ1n) is 19.0. The molecule has 6 aliphatic heterocycles. The van der Waals surface area contributed by atoms with Crippen LogP contribution >= 0.6 is 0 Å². The summed E-state index contributed by atoms with van der Waals surface area (Å²) in [6, 6.07) is 10.8. The average molecular weight is 744 g/mol. The zero-order chi connectivity index (χ0) is 38.0. The molecular weight excluding hydrogens is 700 g/mol. The number of rotatable bonds is 6. The van der Waals surface area contributed by atoms with Crippen molar-refractivity contribution in [3.05, 3.63) is 92.7 Å². The van der Waals surface area contributed by atoms with E-state index in [1.54, 1.807) is 13.0 Å². The van der Waals surface area contributed by atoms with Crippen molar-refractivity contribution in [2.24, 2.45) is 10.9 Å². The molecule has 9 heterocycles. The van der Waals surface area contributed by atoms with Crippen LogP contribution in [0, 0.1) is 12.8 Å². The number of aromatic nitrogens is 2. The predicted octanol–water partition coefficient (Wildman–Crippen LogP) is 4.19. The number of hydrogen-bond acceptors (Lipinski definition) is 12. The highest BCUT2D eigenvalue weighted by molar-refractivity contribution is 5.88. The van der Waals surface area contributed by atoms with Crippen molar-refractivity contribution < 1.29 is 33.4 Å². The minimum Gasteiger partial charge on any atom is -0.507 e. The lowest BCUT2D eigenvalue weighted by atomic mass is 9.58. The normalized spacial score (nSPS) is 29.5. The molecule has 2 bridgehead atoms. The maximum absolute atomic E-state index is 14.3. The van der Waals surface area contributed by atoms with E-state index in [-0.39, 0.29) is 40.1 Å². The highest BCUT2D eigenvalue weighted by Crippen LogP contribution is 2.64. The summed E-state index contributed by atoms with van der Waals surface area (Å²) in [6.07, 6.45) is 9.38. The van der Waals surface area contributed by atoms with Gasteiger partial charge < -0.3 is 35.2 Å². The molecule has 6 atom stereocenters. The summed E-state index contributed by atoms with van der Waals surface area (Å²) in [5, 5.41) is 11.8. The van der Waals surface area contributed by atoms with E-state index in [4.69, 9.17) is 30.1 Å². The fraction of sp³-hybridized carbons (Fsp3) is 0.405. The summed E-state index contributed by atoms with van der Waals surface area (Å²) < 4.78 is 25.4. The number of nitrogens with zero attached hydrogens (tertiary/aromatic N) is 3. The van der Waals surface area contributed by atoms with Gasteiger partial charge in [0.2, 0.25) is 0 Å². The number of nitrogens with one attached hydrogen (secondary N) is 1. The Morgan fingerprint density at radius 2 is 1.87 bits per heavy atom. The molecule has 6 unspecified atom stereocenters. The third kappa shape index (κ3) is 5.30. The van der Waals surface area contributed by atoms with Gasteiger partial charge in [0.15, 0.2) is 16.6 Å². The number of aryl methyl sites for hydroxylation is 2. The number of anilines is 2. The molecule has 7 aliphatic rings. The van der Waals surface area contributed by atoms with Gasteiger partial charge in [-0.05, 0) is 101 Å². The third-order valence-corrected chi connectivity index (χ3v) is 12.7. The van der Waals surface area contributed by atoms with Crippen molar-refractivity contribution >= 4 is 34.8 Å². The van der Waals surface area contributed by atoms with Crippen LogP contribution in [0.1, 0.15) is 74.5 Å². The molecule has 55 heavy (non-hydrogen) atoms. The molecule has 0 radical (unpaired) electrons. The van der Waals surface area contributed by atoms with Crippen LogP contribution < -0.4 is 26.5 Å². The van der Waals surface area contributed by atoms with Gasteiger partial charge in [0, 0.05) is 41.0 Å². The lowest BCUT2D eigenvalue weighted by Crippen LogP contribution is -3.04. The van der Waals surface area contributed by atoms with E-state index in [1.165, 1.54) is 16.5 Å². The first-order valence-corrected chi connectivity index (χ1v) is 19.0. The molecule has 6 N–H and O–H groups in total. The Balaban J connectivity index is 0.886. The number of nitrogen functional groups attached to an aromatic ring is 2. The van der Waals surface area contributed by atoms with Gasteiger partial charge in [-0.25, -0.2) is 14.8 Å². The number of pyridine rings is 2. The number of nitrogens with two attached hydrogens (primary N) is 2. The van der Waals surface area contributed by atoms with Crippen LogP contribution in [0.3, 0.4) is 0 Å². The van der Waals surface area contributed by atoms with Gasteiger partial charge in [0.05, 0.1) is 17.5 Å². The van der Waals surface area contributed by atoms with Crippen molar-refractivity contribution in [2.45, 2.75) is 94.7 Å². The molecule has 4 fully saturated rings. The van der Waals surface area contributed by atoms with Crippen LogP contribution in [0.4, 0.5) is 11.6 Å². The Kier molecular flexibility index (Phi) is 7.25. The zero-order valence-electron chi connectivity index (χ0n) is 31.0. The van der Waals surface area contributed by atoms with Crippen molar-refractivity contribution in [3.63, 3.8) is 0 Å². The highest BCUT2D eigenvalue weighted by atomic mass is 16.7. The molecule has 13 heteroatoms. The summed E-state index contributed by atoms with van der Waals surface area (Å²) in [5.74, 6) is 0.859. The number of carbonyl (C=O) groups excluding carboxylic acids is 1. The van der Waals surface area contributed by atoms with Crippen LogP contribution in [0.15, 0.2) is 74.1 Å². The number of esters is 1. The second-order valence-corrected chi connectivity index (χ2v) is 16.6. The Bertz CT molecular complexity index is 2510. The number of allylic oxidation sites excluding steroid dienone is 1. The number of fused-ring (bicyclic) bond motifs is 5. The minimum absolute atomic E-state index is 0.110. The van der Waals surface area contributed by atoms with Crippen LogP contribution in [0.5, 0.6) is 11.5 Å². The molecule has 3 saturated heterocycles. The fourth-order valence-electron chi connectivity index (χ4n) is 10.1. The van der Waals surface area contributed by atoms with Crippen LogP contribution in [-0.4, -0.2) is 56.7 Å². The van der Waals surface area contributed by atoms with E-state index >= 15 is 0 Å². The van der Waals surface area contributed by atoms with E-state index in [0.717, 1.165) is 35.5 Å². The van der Waals surface area contributed by atoms with Gasteiger partial charge in [0.1, 0.15) is 70.5 Å². The van der Waals surface area contributed by atoms with E-state index in [1.807, 2.05) is 50.4 Å². The molecule has 4 aromatic rings. The summed E-state index contributed by atoms with van der Waals surface area (Å²) in [6.45, 7) is 7.06. The molecule has 2 spiro atoms. The molecule has 11 rings (SSSR count). The molecule has 3 aromatic heterocycles. The van der Waals surface area contributed by atoms with E-state index in [2.05, 4.69) is 21.2 Å². The fourth-order valence-corrected chi connectivity index (χ4v) is 10.1. The van der Waals surface area contributed by atoms with Crippen molar-refractivity contribution in [3.8, 4) is 22.8 Å². The van der Waals surface area contributed by atoms with Gasteiger partial charge in [-0.3, -0.25) is 14.7 Å². The van der Waals surface area contributed by atoms with Crippen LogP contribution in [0.25, 0.3) is 22.2 Å². The first kappa shape index (κ1) is 34.0. The monoisotopic (exact) mass is 743 g/mol. The second kappa shape index (κ2) is 11.7. The Morgan fingerprint density at radius 1 is 1.04 bits per heavy atom. The largest absolute Gasteiger partial charge is 0.507 e. The standard InChI is InChI=1S/C42H42N6O7/c1-21-10-30(49)37-31(52-21)16-32-36(38(37)50)27-11-23-6-8-42(27,40(2,3)53-32)55-39(51)41(17-23)33(54-41)5-4-22-12-28(47-34(43)13-22)25-14-26(46-35(44)15-25)19-48-18-24-7-9-45-29(24)20-48/h7,9-10,12-16,20,23,27,33,50H,4-6,8,11,17-19H2,1-3H3,(H2,43,47)(H2,44,46)/p+1. The SMILES string of the molecule is Cc1cc(=O)c2c(O)c3c(cc2o1)OC(C)(C)C12CCC(CC31)CC1(OC1CCc1cc(N)nc(-c3cc(N)nc(C[NH+]4C=C5N=CC=C5C4)c3)c1)C(=O)O2. The number of hydrogen-bond donors (Lipinski definition) is 4. The van der Waals surface area contributed by atoms with Gasteiger partial charge in [-0.1, -0.05) is 0 Å². The predicted molar refractivity (Wildman–Crippen MR) is 204 cm³/mol. The van der Waals surface area contributed by atoms with Gasteiger partial charge in [0.25, 0.3) is 0 Å². The zero-order valence-corrected chi connectivity index (χ0v) is 31.0. The molecule has 13 nitrogen and oxygen atoms in total. The van der Waals surface area contributed by atoms with E-state index in [0.29, 0.717) is 73.1 Å². The average Bonchev–Trinajstić information content (AvgIpc) is 3.41. The topological polar surface area (TPSA) is 193 Å². The smallest absolute Gasteiger partial charge is 0.341 e. The van der Waals surface area contributed by atoms with Gasteiger partial charge >= 0.3 is 5.97 Å². The minimum atomic E-state index is -1.08. The van der Waals surface area contributed by atoms with Gasteiger partial charge in [-0.15, -0.1) is 0 Å². The number of phenolic OH excluding ortho intramolecular Hbond substituents is 1. The quantitative estimate of drug-likeness (QED) is 0.164. The van der Waals surface area contributed by atoms with Crippen molar-refractivity contribution in [1.82, 2.24) is 9.97 Å². The maximum atomic E-state index is 14.3. The van der Waals surface area contributed by atoms with E-state index in [9.17, 15) is 14.7 Å². The summed E-state index contributed by atoms with van der Waals surface area (Å²) >= 11 is 0. The molecule has 1 saturated carbocycles. The highest BCUT2D eigenvalue weighted by Gasteiger charge is 2.71. The van der Waals surface area contributed by atoms with Crippen molar-refractivity contribution in [2.75, 3.05) is 18.0 Å². The number of carbonyl (C=O) groups is 1. The molecule has 0 amide bonds. The molecule has 282 valence electrons. The molecule has 1 aromatic carbocycles. The first-order chi connectivity index (χ1) is 26.3. The van der Waals surface area contributed by atoms with Gasteiger partial charge in [-0.2, -0.15) is 0 Å².